The van der Waals surface area contributed by atoms with Gasteiger partial charge in [-0.15, -0.1) is 0 Å². The van der Waals surface area contributed by atoms with Crippen molar-refractivity contribution in [3.05, 3.63) is 64.7 Å². The highest BCUT2D eigenvalue weighted by molar-refractivity contribution is 6.08. The van der Waals surface area contributed by atoms with E-state index in [4.69, 9.17) is 10.5 Å². The zero-order valence-electron chi connectivity index (χ0n) is 15.6. The minimum Gasteiger partial charge on any atom is -0.491 e. The molecule has 0 spiro atoms. The van der Waals surface area contributed by atoms with E-state index < -0.39 is 5.91 Å². The number of hydrogen-bond acceptors (Lipinski definition) is 4. The summed E-state index contributed by atoms with van der Waals surface area (Å²) in [5, 5.41) is 5.07. The van der Waals surface area contributed by atoms with Crippen LogP contribution in [0.3, 0.4) is 0 Å². The summed E-state index contributed by atoms with van der Waals surface area (Å²) >= 11 is 0. The van der Waals surface area contributed by atoms with Crippen molar-refractivity contribution in [1.29, 1.82) is 0 Å². The number of ether oxygens (including phenoxy) is 1. The first kappa shape index (κ1) is 19.1. The Morgan fingerprint density at radius 1 is 1.21 bits per heavy atom. The normalized spacial score (nSPS) is 15.8. The predicted octanol–water partition coefficient (Wildman–Crippen LogP) is 1.27. The van der Waals surface area contributed by atoms with Crippen LogP contribution in [0.4, 0.5) is 0 Å². The Labute approximate surface area is 162 Å². The van der Waals surface area contributed by atoms with Gasteiger partial charge in [-0.05, 0) is 17.7 Å². The zero-order chi connectivity index (χ0) is 20.1. The number of benzene rings is 2. The standard InChI is InChI=1S/C20H21N5O3/c1-22-11-24-20(21)25-18(26)13-8-14-16(12-6-4-3-5-7-12)10-28-17(14)15(9-13)19(27)23-2/h3-9,11,16H,10H2,1-2H3,(H,23,27)(H3,21,22,24,25,26). The number of carbonyl (C=O) groups excluding carboxylic acids is 2. The maximum absolute atomic E-state index is 12.6. The first-order valence-electron chi connectivity index (χ1n) is 8.68. The molecule has 1 aliphatic rings. The summed E-state index contributed by atoms with van der Waals surface area (Å²) in [5.74, 6) is -0.486. The van der Waals surface area contributed by atoms with Gasteiger partial charge in [0, 0.05) is 31.1 Å². The summed E-state index contributed by atoms with van der Waals surface area (Å²) in [7, 11) is 3.07. The van der Waals surface area contributed by atoms with Gasteiger partial charge >= 0.3 is 0 Å². The van der Waals surface area contributed by atoms with Crippen molar-refractivity contribution in [3.8, 4) is 5.75 Å². The fraction of sp³-hybridized carbons (Fsp3) is 0.200. The van der Waals surface area contributed by atoms with Gasteiger partial charge in [-0.1, -0.05) is 30.3 Å². The van der Waals surface area contributed by atoms with E-state index in [0.29, 0.717) is 17.9 Å². The molecule has 28 heavy (non-hydrogen) atoms. The van der Waals surface area contributed by atoms with E-state index in [9.17, 15) is 9.59 Å². The highest BCUT2D eigenvalue weighted by atomic mass is 16.5. The maximum atomic E-state index is 12.6. The summed E-state index contributed by atoms with van der Waals surface area (Å²) in [6.45, 7) is 0.394. The van der Waals surface area contributed by atoms with Gasteiger partial charge in [0.15, 0.2) is 0 Å². The third-order valence-corrected chi connectivity index (χ3v) is 4.38. The van der Waals surface area contributed by atoms with Gasteiger partial charge in [-0.3, -0.25) is 19.9 Å². The Kier molecular flexibility index (Phi) is 5.69. The van der Waals surface area contributed by atoms with Gasteiger partial charge < -0.3 is 15.8 Å². The number of nitrogens with zero attached hydrogens (tertiary/aromatic N) is 2. The summed E-state index contributed by atoms with van der Waals surface area (Å²) < 4.78 is 5.83. The molecule has 1 aliphatic heterocycles. The molecule has 0 aromatic heterocycles. The third-order valence-electron chi connectivity index (χ3n) is 4.38. The van der Waals surface area contributed by atoms with Gasteiger partial charge in [-0.2, -0.15) is 0 Å². The lowest BCUT2D eigenvalue weighted by Gasteiger charge is -2.13. The highest BCUT2D eigenvalue weighted by Gasteiger charge is 2.31. The molecule has 2 aromatic carbocycles. The monoisotopic (exact) mass is 379 g/mol. The minimum atomic E-state index is -0.475. The first-order chi connectivity index (χ1) is 13.5. The number of nitrogens with one attached hydrogen (secondary N) is 2. The van der Waals surface area contributed by atoms with Gasteiger partial charge in [-0.25, -0.2) is 4.99 Å². The average molecular weight is 379 g/mol. The number of rotatable bonds is 4. The van der Waals surface area contributed by atoms with Gasteiger partial charge in [0.2, 0.25) is 5.96 Å². The zero-order valence-corrected chi connectivity index (χ0v) is 15.6. The first-order valence-corrected chi connectivity index (χ1v) is 8.68. The fourth-order valence-corrected chi connectivity index (χ4v) is 3.06. The Balaban J connectivity index is 2.03. The van der Waals surface area contributed by atoms with Crippen molar-refractivity contribution in [2.45, 2.75) is 5.92 Å². The van der Waals surface area contributed by atoms with Crippen LogP contribution in [-0.2, 0) is 0 Å². The van der Waals surface area contributed by atoms with E-state index in [-0.39, 0.29) is 23.3 Å². The number of nitrogens with two attached hydrogens (primary N) is 1. The maximum Gasteiger partial charge on any atom is 0.257 e. The van der Waals surface area contributed by atoms with E-state index in [0.717, 1.165) is 11.1 Å². The van der Waals surface area contributed by atoms with Crippen LogP contribution in [0.15, 0.2) is 52.4 Å². The molecule has 3 rings (SSSR count). The molecule has 0 fully saturated rings. The molecule has 8 heteroatoms. The molecular formula is C20H21N5O3. The molecule has 1 unspecified atom stereocenters. The molecule has 2 aromatic rings. The Morgan fingerprint density at radius 2 is 1.96 bits per heavy atom. The second-order valence-electron chi connectivity index (χ2n) is 6.14. The molecule has 0 bridgehead atoms. The van der Waals surface area contributed by atoms with Crippen LogP contribution >= 0.6 is 0 Å². The van der Waals surface area contributed by atoms with Gasteiger partial charge in [0.25, 0.3) is 11.8 Å². The molecule has 4 N–H and O–H groups in total. The van der Waals surface area contributed by atoms with E-state index in [2.05, 4.69) is 20.6 Å². The fourth-order valence-electron chi connectivity index (χ4n) is 3.06. The molecule has 144 valence electrons. The van der Waals surface area contributed by atoms with Crippen molar-refractivity contribution in [2.24, 2.45) is 15.7 Å². The van der Waals surface area contributed by atoms with E-state index in [1.165, 1.54) is 19.5 Å². The van der Waals surface area contributed by atoms with Crippen molar-refractivity contribution in [3.63, 3.8) is 0 Å². The third kappa shape index (κ3) is 3.85. The van der Waals surface area contributed by atoms with Crippen LogP contribution in [-0.4, -0.2) is 44.8 Å². The lowest BCUT2D eigenvalue weighted by atomic mass is 9.90. The van der Waals surface area contributed by atoms with Crippen LogP contribution in [0.2, 0.25) is 0 Å². The van der Waals surface area contributed by atoms with Crippen LogP contribution in [0.1, 0.15) is 37.8 Å². The molecule has 1 heterocycles. The van der Waals surface area contributed by atoms with Crippen LogP contribution in [0.5, 0.6) is 5.75 Å². The van der Waals surface area contributed by atoms with E-state index in [1.807, 2.05) is 30.3 Å². The topological polar surface area (TPSA) is 118 Å². The van der Waals surface area contributed by atoms with E-state index >= 15 is 0 Å². The van der Waals surface area contributed by atoms with Gasteiger partial charge in [0.05, 0.1) is 12.2 Å². The van der Waals surface area contributed by atoms with Crippen molar-refractivity contribution >= 4 is 24.1 Å². The summed E-state index contributed by atoms with van der Waals surface area (Å²) in [4.78, 5) is 32.5. The van der Waals surface area contributed by atoms with Crippen LogP contribution in [0.25, 0.3) is 0 Å². The number of fused-ring (bicyclic) bond motifs is 1. The highest BCUT2D eigenvalue weighted by Crippen LogP contribution is 2.41. The number of guanidine groups is 1. The summed E-state index contributed by atoms with van der Waals surface area (Å²) in [6, 6.07) is 13.0. The molecule has 0 saturated carbocycles. The second kappa shape index (κ2) is 8.34. The number of amides is 2. The lowest BCUT2D eigenvalue weighted by molar-refractivity contribution is 0.0960. The SMILES string of the molecule is CN=CN=C(N)NC(=O)c1cc(C(=O)NC)c2c(c1)C(c1ccccc1)CO2. The molecule has 8 nitrogen and oxygen atoms in total. The summed E-state index contributed by atoms with van der Waals surface area (Å²) in [5.41, 5.74) is 8.09. The molecule has 0 saturated heterocycles. The van der Waals surface area contributed by atoms with E-state index in [1.54, 1.807) is 13.1 Å². The van der Waals surface area contributed by atoms with Crippen molar-refractivity contribution < 1.29 is 14.3 Å². The van der Waals surface area contributed by atoms with Crippen molar-refractivity contribution in [1.82, 2.24) is 10.6 Å². The quantitative estimate of drug-likeness (QED) is 0.548. The van der Waals surface area contributed by atoms with Crippen LogP contribution < -0.4 is 21.1 Å². The number of aliphatic imine (C=N–C) groups is 2. The average Bonchev–Trinajstić information content (AvgIpc) is 3.15. The molecular weight excluding hydrogens is 358 g/mol. The minimum absolute atomic E-state index is 0.0782. The van der Waals surface area contributed by atoms with Crippen molar-refractivity contribution in [2.75, 3.05) is 20.7 Å². The largest absolute Gasteiger partial charge is 0.491 e. The van der Waals surface area contributed by atoms with Gasteiger partial charge in [0.1, 0.15) is 12.1 Å². The summed E-state index contributed by atoms with van der Waals surface area (Å²) in [6.07, 6.45) is 1.23. The number of carbonyl (C=O) groups is 2. The lowest BCUT2D eigenvalue weighted by Crippen LogP contribution is -2.37. The molecule has 1 atom stereocenters. The predicted molar refractivity (Wildman–Crippen MR) is 107 cm³/mol. The smallest absolute Gasteiger partial charge is 0.257 e. The Bertz CT molecular complexity index is 954. The van der Waals surface area contributed by atoms with Crippen LogP contribution in [0, 0.1) is 0 Å². The second-order valence-corrected chi connectivity index (χ2v) is 6.14. The number of hydrogen-bond donors (Lipinski definition) is 3. The Morgan fingerprint density at radius 3 is 2.64 bits per heavy atom. The molecule has 0 radical (unpaired) electrons. The molecule has 2 amide bonds. The Hall–Kier alpha value is -3.68. The molecule has 0 aliphatic carbocycles.